The van der Waals surface area contributed by atoms with Crippen molar-refractivity contribution in [3.05, 3.63) is 65.0 Å². The second kappa shape index (κ2) is 5.46. The molecular weight excluding hydrogens is 274 g/mol. The Hall–Kier alpha value is -1.15. The van der Waals surface area contributed by atoms with Crippen LogP contribution >= 0.6 is 15.9 Å². The highest BCUT2D eigenvalue weighted by Gasteiger charge is 2.12. The van der Waals surface area contributed by atoms with Crippen LogP contribution in [0.2, 0.25) is 0 Å². The summed E-state index contributed by atoms with van der Waals surface area (Å²) in [5.74, 6) is 0. The monoisotopic (exact) mass is 289 g/mol. The molecule has 0 aliphatic rings. The highest BCUT2D eigenvalue weighted by Crippen LogP contribution is 2.29. The molecule has 0 amide bonds. The van der Waals surface area contributed by atoms with Crippen LogP contribution in [-0.2, 0) is 6.42 Å². The highest BCUT2D eigenvalue weighted by molar-refractivity contribution is 9.09. The van der Waals surface area contributed by atoms with E-state index in [4.69, 9.17) is 0 Å². The smallest absolute Gasteiger partial charge is 0.0453 e. The Kier molecular flexibility index (Phi) is 3.95. The predicted molar refractivity (Wildman–Crippen MR) is 75.5 cm³/mol. The molecule has 2 rings (SSSR count). The number of hydrogen-bond acceptors (Lipinski definition) is 1. The van der Waals surface area contributed by atoms with Gasteiger partial charge in [-0.15, -0.1) is 0 Å². The van der Waals surface area contributed by atoms with Crippen molar-refractivity contribution in [3.63, 3.8) is 0 Å². The number of benzene rings is 1. The van der Waals surface area contributed by atoms with Crippen molar-refractivity contribution in [3.8, 4) is 0 Å². The van der Waals surface area contributed by atoms with Gasteiger partial charge in [0.25, 0.3) is 0 Å². The summed E-state index contributed by atoms with van der Waals surface area (Å²) in [6.45, 7) is 4.26. The van der Waals surface area contributed by atoms with Crippen LogP contribution in [-0.4, -0.2) is 4.98 Å². The van der Waals surface area contributed by atoms with Crippen molar-refractivity contribution in [2.75, 3.05) is 0 Å². The molecule has 0 aliphatic carbocycles. The van der Waals surface area contributed by atoms with Gasteiger partial charge >= 0.3 is 0 Å². The van der Waals surface area contributed by atoms with Crippen molar-refractivity contribution in [1.82, 2.24) is 4.98 Å². The van der Waals surface area contributed by atoms with Gasteiger partial charge in [0.1, 0.15) is 0 Å². The van der Waals surface area contributed by atoms with E-state index >= 15 is 0 Å². The van der Waals surface area contributed by atoms with Crippen molar-refractivity contribution in [2.45, 2.75) is 25.1 Å². The zero-order valence-corrected chi connectivity index (χ0v) is 11.7. The number of aryl methyl sites for hydroxylation is 2. The standard InChI is InChI=1S/C15H16BrN/c1-11-6-3-4-8-13(11)14(16)10-15-12(2)7-5-9-17-15/h3-9,14H,10H2,1-2H3. The summed E-state index contributed by atoms with van der Waals surface area (Å²) >= 11 is 3.77. The van der Waals surface area contributed by atoms with Gasteiger partial charge in [0.2, 0.25) is 0 Å². The van der Waals surface area contributed by atoms with Gasteiger partial charge in [-0.2, -0.15) is 0 Å². The molecule has 0 saturated carbocycles. The van der Waals surface area contributed by atoms with Crippen LogP contribution in [0.5, 0.6) is 0 Å². The number of pyridine rings is 1. The van der Waals surface area contributed by atoms with Crippen molar-refractivity contribution in [2.24, 2.45) is 0 Å². The van der Waals surface area contributed by atoms with Crippen LogP contribution in [0.25, 0.3) is 0 Å². The van der Waals surface area contributed by atoms with Crippen molar-refractivity contribution < 1.29 is 0 Å². The lowest BCUT2D eigenvalue weighted by Crippen LogP contribution is -2.01. The van der Waals surface area contributed by atoms with Gasteiger partial charge < -0.3 is 0 Å². The Morgan fingerprint density at radius 2 is 1.76 bits per heavy atom. The fourth-order valence-electron chi connectivity index (χ4n) is 1.95. The zero-order valence-electron chi connectivity index (χ0n) is 10.2. The molecule has 0 radical (unpaired) electrons. The first-order chi connectivity index (χ1) is 8.18. The van der Waals surface area contributed by atoms with Gasteiger partial charge in [0.15, 0.2) is 0 Å². The normalized spacial score (nSPS) is 12.4. The minimum atomic E-state index is 0.331. The first-order valence-electron chi connectivity index (χ1n) is 5.78. The Morgan fingerprint density at radius 3 is 2.47 bits per heavy atom. The van der Waals surface area contributed by atoms with E-state index in [0.717, 1.165) is 12.1 Å². The summed E-state index contributed by atoms with van der Waals surface area (Å²) in [5.41, 5.74) is 5.09. The molecule has 0 saturated heterocycles. The molecule has 0 spiro atoms. The maximum Gasteiger partial charge on any atom is 0.0453 e. The average Bonchev–Trinajstić information content (AvgIpc) is 2.32. The number of alkyl halides is 1. The second-order valence-electron chi connectivity index (χ2n) is 4.30. The molecule has 0 aliphatic heterocycles. The van der Waals surface area contributed by atoms with Gasteiger partial charge in [0, 0.05) is 23.1 Å². The third-order valence-electron chi connectivity index (χ3n) is 3.02. The highest BCUT2D eigenvalue weighted by atomic mass is 79.9. The van der Waals surface area contributed by atoms with Crippen molar-refractivity contribution in [1.29, 1.82) is 0 Å². The second-order valence-corrected chi connectivity index (χ2v) is 5.40. The minimum Gasteiger partial charge on any atom is -0.261 e. The minimum absolute atomic E-state index is 0.331. The number of nitrogens with zero attached hydrogens (tertiary/aromatic N) is 1. The van der Waals surface area contributed by atoms with E-state index in [1.165, 1.54) is 16.7 Å². The molecular formula is C15H16BrN. The van der Waals surface area contributed by atoms with E-state index in [0.29, 0.717) is 4.83 Å². The fourth-order valence-corrected chi connectivity index (χ4v) is 2.77. The van der Waals surface area contributed by atoms with Crippen LogP contribution in [0.3, 0.4) is 0 Å². The molecule has 1 atom stereocenters. The van der Waals surface area contributed by atoms with Crippen LogP contribution < -0.4 is 0 Å². The van der Waals surface area contributed by atoms with Crippen molar-refractivity contribution >= 4 is 15.9 Å². The van der Waals surface area contributed by atoms with Crippen LogP contribution in [0.4, 0.5) is 0 Å². The zero-order chi connectivity index (χ0) is 12.3. The third kappa shape index (κ3) is 2.95. The largest absolute Gasteiger partial charge is 0.261 e. The van der Waals surface area contributed by atoms with Gasteiger partial charge in [-0.05, 0) is 36.6 Å². The summed E-state index contributed by atoms with van der Waals surface area (Å²) in [6, 6.07) is 12.6. The molecule has 1 unspecified atom stereocenters. The molecule has 1 nitrogen and oxygen atoms in total. The first kappa shape index (κ1) is 12.3. The molecule has 0 fully saturated rings. The Balaban J connectivity index is 2.20. The Morgan fingerprint density at radius 1 is 1.06 bits per heavy atom. The number of hydrogen-bond donors (Lipinski definition) is 0. The van der Waals surface area contributed by atoms with E-state index in [9.17, 15) is 0 Å². The average molecular weight is 290 g/mol. The topological polar surface area (TPSA) is 12.9 Å². The SMILES string of the molecule is Cc1ccccc1C(Br)Cc1ncccc1C. The van der Waals surface area contributed by atoms with E-state index in [2.05, 4.69) is 65.1 Å². The van der Waals surface area contributed by atoms with Gasteiger partial charge in [-0.25, -0.2) is 0 Å². The summed E-state index contributed by atoms with van der Waals surface area (Å²) in [7, 11) is 0. The Labute approximate surface area is 111 Å². The van der Waals surface area contributed by atoms with Crippen LogP contribution in [0.15, 0.2) is 42.6 Å². The predicted octanol–water partition coefficient (Wildman–Crippen LogP) is 4.38. The lowest BCUT2D eigenvalue weighted by atomic mass is 10.0. The number of rotatable bonds is 3. The van der Waals surface area contributed by atoms with E-state index in [1.807, 2.05) is 12.3 Å². The van der Waals surface area contributed by atoms with Crippen LogP contribution in [0, 0.1) is 13.8 Å². The van der Waals surface area contributed by atoms with E-state index < -0.39 is 0 Å². The van der Waals surface area contributed by atoms with E-state index in [1.54, 1.807) is 0 Å². The van der Waals surface area contributed by atoms with Gasteiger partial charge in [-0.1, -0.05) is 46.3 Å². The summed E-state index contributed by atoms with van der Waals surface area (Å²) in [5, 5.41) is 0. The third-order valence-corrected chi connectivity index (χ3v) is 3.83. The summed E-state index contributed by atoms with van der Waals surface area (Å²) in [4.78, 5) is 4.77. The summed E-state index contributed by atoms with van der Waals surface area (Å²) < 4.78 is 0. The lowest BCUT2D eigenvalue weighted by Gasteiger charge is -2.13. The number of aromatic nitrogens is 1. The quantitative estimate of drug-likeness (QED) is 0.765. The first-order valence-corrected chi connectivity index (χ1v) is 6.70. The molecule has 2 heteroatoms. The fraction of sp³-hybridized carbons (Fsp3) is 0.267. The molecule has 0 N–H and O–H groups in total. The molecule has 0 bridgehead atoms. The molecule has 1 aromatic carbocycles. The molecule has 2 aromatic rings. The number of halogens is 1. The molecule has 88 valence electrons. The van der Waals surface area contributed by atoms with Gasteiger partial charge in [-0.3, -0.25) is 4.98 Å². The molecule has 1 heterocycles. The molecule has 17 heavy (non-hydrogen) atoms. The summed E-state index contributed by atoms with van der Waals surface area (Å²) in [6.07, 6.45) is 2.79. The maximum atomic E-state index is 4.44. The van der Waals surface area contributed by atoms with Crippen LogP contribution in [0.1, 0.15) is 27.2 Å². The molecule has 1 aromatic heterocycles. The maximum absolute atomic E-state index is 4.44. The lowest BCUT2D eigenvalue weighted by molar-refractivity contribution is 0.885. The van der Waals surface area contributed by atoms with E-state index in [-0.39, 0.29) is 0 Å². The van der Waals surface area contributed by atoms with Gasteiger partial charge in [0.05, 0.1) is 0 Å². The Bertz CT molecular complexity index is 508.